The zero-order valence-electron chi connectivity index (χ0n) is 11.5. The summed E-state index contributed by atoms with van der Waals surface area (Å²) >= 11 is 2.93. The smallest absolute Gasteiger partial charge is 0.151 e. The molecule has 0 atom stereocenters. The number of amidine groups is 2. The fourth-order valence-electron chi connectivity index (χ4n) is 2.70. The van der Waals surface area contributed by atoms with Gasteiger partial charge in [-0.15, -0.1) is 0 Å². The van der Waals surface area contributed by atoms with Crippen molar-refractivity contribution in [3.8, 4) is 0 Å². The molecule has 4 nitrogen and oxygen atoms in total. The Bertz CT molecular complexity index is 288. The van der Waals surface area contributed by atoms with Gasteiger partial charge in [0.05, 0.1) is 0 Å². The molecule has 1 aliphatic carbocycles. The molecule has 0 radical (unpaired) electrons. The normalized spacial score (nSPS) is 23.2. The summed E-state index contributed by atoms with van der Waals surface area (Å²) < 4.78 is 0. The maximum Gasteiger partial charge on any atom is 0.151 e. The lowest BCUT2D eigenvalue weighted by atomic mass is 9.79. The second-order valence-electron chi connectivity index (χ2n) is 5.24. The third-order valence-electron chi connectivity index (χ3n) is 3.76. The van der Waals surface area contributed by atoms with Crippen molar-refractivity contribution < 1.29 is 0 Å². The predicted octanol–water partition coefficient (Wildman–Crippen LogP) is 3.22. The maximum atomic E-state index is 7.18. The van der Waals surface area contributed by atoms with Crippen LogP contribution in [0.5, 0.6) is 0 Å². The molecule has 6 N–H and O–H groups in total. The van der Waals surface area contributed by atoms with Gasteiger partial charge in [-0.3, -0.25) is 10.8 Å². The third-order valence-corrected chi connectivity index (χ3v) is 5.32. The van der Waals surface area contributed by atoms with Crippen molar-refractivity contribution in [1.82, 2.24) is 0 Å². The summed E-state index contributed by atoms with van der Waals surface area (Å²) in [4.78, 5) is 0. The number of hydrogen-bond donors (Lipinski definition) is 4. The molecule has 110 valence electrons. The summed E-state index contributed by atoms with van der Waals surface area (Å²) in [6, 6.07) is 0. The summed E-state index contributed by atoms with van der Waals surface area (Å²) in [5.41, 5.74) is 10.7. The third kappa shape index (κ3) is 8.42. The number of rotatable bonds is 7. The molecule has 0 saturated heterocycles. The zero-order chi connectivity index (χ0) is 14.1. The maximum absolute atomic E-state index is 7.18. The minimum atomic E-state index is 0.242. The van der Waals surface area contributed by atoms with Gasteiger partial charge in [0.15, 0.2) is 10.3 Å². The molecular weight excluding hydrogens is 276 g/mol. The van der Waals surface area contributed by atoms with Crippen LogP contribution in [0.1, 0.15) is 44.9 Å². The number of nitrogens with two attached hydrogens (primary N) is 2. The van der Waals surface area contributed by atoms with Crippen LogP contribution in [0.25, 0.3) is 0 Å². The second kappa shape index (κ2) is 9.53. The highest BCUT2D eigenvalue weighted by Crippen LogP contribution is 2.34. The minimum absolute atomic E-state index is 0.242. The molecule has 0 bridgehead atoms. The van der Waals surface area contributed by atoms with Crippen LogP contribution in [0.15, 0.2) is 0 Å². The van der Waals surface area contributed by atoms with Crippen LogP contribution < -0.4 is 11.5 Å². The Kier molecular flexibility index (Phi) is 8.37. The predicted molar refractivity (Wildman–Crippen MR) is 88.0 cm³/mol. The Labute approximate surface area is 124 Å². The van der Waals surface area contributed by atoms with E-state index in [1.807, 2.05) is 0 Å². The van der Waals surface area contributed by atoms with E-state index in [9.17, 15) is 0 Å². The molecule has 0 aromatic rings. The van der Waals surface area contributed by atoms with Gasteiger partial charge < -0.3 is 11.5 Å². The molecule has 0 unspecified atom stereocenters. The lowest BCUT2D eigenvalue weighted by molar-refractivity contribution is 0.259. The van der Waals surface area contributed by atoms with E-state index in [2.05, 4.69) is 0 Å². The van der Waals surface area contributed by atoms with E-state index in [1.165, 1.54) is 68.5 Å². The van der Waals surface area contributed by atoms with Gasteiger partial charge in [0.1, 0.15) is 0 Å². The van der Waals surface area contributed by atoms with Gasteiger partial charge in [-0.25, -0.2) is 0 Å². The van der Waals surface area contributed by atoms with E-state index in [1.54, 1.807) is 0 Å². The molecule has 1 fully saturated rings. The van der Waals surface area contributed by atoms with E-state index in [0.717, 1.165) is 23.3 Å². The fourth-order valence-corrected chi connectivity index (χ4v) is 3.90. The van der Waals surface area contributed by atoms with E-state index in [-0.39, 0.29) is 10.3 Å². The number of thioether (sulfide) groups is 2. The van der Waals surface area contributed by atoms with Gasteiger partial charge in [0, 0.05) is 11.5 Å². The Morgan fingerprint density at radius 3 is 1.84 bits per heavy atom. The van der Waals surface area contributed by atoms with Crippen LogP contribution in [0.2, 0.25) is 0 Å². The monoisotopic (exact) mass is 302 g/mol. The lowest BCUT2D eigenvalue weighted by Gasteiger charge is -2.28. The molecule has 0 spiro atoms. The van der Waals surface area contributed by atoms with E-state index >= 15 is 0 Å². The van der Waals surface area contributed by atoms with Crippen molar-refractivity contribution in [3.63, 3.8) is 0 Å². The Morgan fingerprint density at radius 1 is 0.842 bits per heavy atom. The van der Waals surface area contributed by atoms with Gasteiger partial charge in [-0.05, 0) is 31.1 Å². The summed E-state index contributed by atoms with van der Waals surface area (Å²) in [6.07, 6.45) is 9.04. The van der Waals surface area contributed by atoms with Crippen LogP contribution in [-0.4, -0.2) is 21.8 Å². The molecule has 6 heteroatoms. The van der Waals surface area contributed by atoms with E-state index < -0.39 is 0 Å². The van der Waals surface area contributed by atoms with Crippen LogP contribution >= 0.6 is 23.5 Å². The van der Waals surface area contributed by atoms with Gasteiger partial charge >= 0.3 is 0 Å². The first-order valence-electron chi connectivity index (χ1n) is 7.01. The zero-order valence-corrected chi connectivity index (χ0v) is 13.1. The Balaban J connectivity index is 2.02. The van der Waals surface area contributed by atoms with Gasteiger partial charge in [0.2, 0.25) is 0 Å². The highest BCUT2D eigenvalue weighted by molar-refractivity contribution is 8.13. The van der Waals surface area contributed by atoms with Crippen LogP contribution in [0, 0.1) is 22.7 Å². The lowest BCUT2D eigenvalue weighted by Crippen LogP contribution is -2.16. The van der Waals surface area contributed by atoms with Crippen molar-refractivity contribution in [1.29, 1.82) is 10.8 Å². The summed E-state index contributed by atoms with van der Waals surface area (Å²) in [6.45, 7) is 0. The molecule has 19 heavy (non-hydrogen) atoms. The first-order valence-corrected chi connectivity index (χ1v) is 8.98. The molecule has 0 aliphatic heterocycles. The highest BCUT2D eigenvalue weighted by Gasteiger charge is 2.20. The van der Waals surface area contributed by atoms with E-state index in [4.69, 9.17) is 22.3 Å². The molecule has 1 aliphatic rings. The Morgan fingerprint density at radius 2 is 1.32 bits per heavy atom. The number of hydrogen-bond acceptors (Lipinski definition) is 4. The number of nitrogens with one attached hydrogen (secondary N) is 2. The second-order valence-corrected chi connectivity index (χ2v) is 7.52. The molecule has 0 amide bonds. The van der Waals surface area contributed by atoms with Crippen LogP contribution in [-0.2, 0) is 0 Å². The van der Waals surface area contributed by atoms with Crippen LogP contribution in [0.4, 0.5) is 0 Å². The van der Waals surface area contributed by atoms with Crippen molar-refractivity contribution >= 4 is 33.9 Å². The average molecular weight is 303 g/mol. The molecular formula is C13H26N4S2. The van der Waals surface area contributed by atoms with Crippen LogP contribution in [0.3, 0.4) is 0 Å². The van der Waals surface area contributed by atoms with Gasteiger partial charge in [0.25, 0.3) is 0 Å². The van der Waals surface area contributed by atoms with Crippen molar-refractivity contribution in [2.75, 3.05) is 11.5 Å². The molecule has 0 heterocycles. The molecule has 0 aromatic heterocycles. The minimum Gasteiger partial charge on any atom is -0.379 e. The van der Waals surface area contributed by atoms with Gasteiger partial charge in [-0.2, -0.15) is 0 Å². The quantitative estimate of drug-likeness (QED) is 0.329. The van der Waals surface area contributed by atoms with E-state index in [0.29, 0.717) is 0 Å². The van der Waals surface area contributed by atoms with Crippen molar-refractivity contribution in [2.24, 2.45) is 23.3 Å². The average Bonchev–Trinajstić information content (AvgIpc) is 2.36. The topological polar surface area (TPSA) is 99.7 Å². The molecule has 1 rings (SSSR count). The standard InChI is InChI=1S/C13H26N4S2/c14-12(15)18-8-1-2-10-3-5-11(6-4-10)7-9-19-13(16)17/h10-11H,1-9H2,(H3,14,15)(H3,16,17)/t10-,11+. The Hall–Kier alpha value is -0.360. The summed E-state index contributed by atoms with van der Waals surface area (Å²) in [5, 5.41) is 14.8. The fraction of sp³-hybridized carbons (Fsp3) is 0.846. The highest BCUT2D eigenvalue weighted by atomic mass is 32.2. The first kappa shape index (κ1) is 16.7. The summed E-state index contributed by atoms with van der Waals surface area (Å²) in [5.74, 6) is 3.71. The molecule has 0 aromatic carbocycles. The SMILES string of the molecule is N=C(N)SCCC[C@H]1CC[C@@H](CCSC(=N)N)CC1. The first-order chi connectivity index (χ1) is 9.08. The van der Waals surface area contributed by atoms with Crippen molar-refractivity contribution in [3.05, 3.63) is 0 Å². The largest absolute Gasteiger partial charge is 0.379 e. The van der Waals surface area contributed by atoms with Crippen molar-refractivity contribution in [2.45, 2.75) is 44.9 Å². The van der Waals surface area contributed by atoms with Gasteiger partial charge in [-0.1, -0.05) is 49.2 Å². The molecule has 1 saturated carbocycles. The summed E-state index contributed by atoms with van der Waals surface area (Å²) in [7, 11) is 0.